The molecule has 2 aromatic rings. The van der Waals surface area contributed by atoms with Crippen molar-refractivity contribution in [2.45, 2.75) is 13.8 Å². The summed E-state index contributed by atoms with van der Waals surface area (Å²) in [4.78, 5) is 11.9. The minimum Gasteiger partial charge on any atom is -0.331 e. The summed E-state index contributed by atoms with van der Waals surface area (Å²) in [6, 6.07) is 13.6. The van der Waals surface area contributed by atoms with Crippen LogP contribution < -0.4 is 16.2 Å². The lowest BCUT2D eigenvalue weighted by molar-refractivity contribution is 0.105. The van der Waals surface area contributed by atoms with Gasteiger partial charge in [-0.25, -0.2) is 0 Å². The van der Waals surface area contributed by atoms with E-state index in [1.807, 2.05) is 50.2 Å². The van der Waals surface area contributed by atoms with Crippen LogP contribution in [0.4, 0.5) is 5.69 Å². The molecule has 0 fully saturated rings. The number of carbonyl (C=O) groups is 1. The first-order valence-corrected chi connectivity index (χ1v) is 7.71. The predicted octanol–water partition coefficient (Wildman–Crippen LogP) is 3.33. The van der Waals surface area contributed by atoms with Crippen LogP contribution in [0.3, 0.4) is 0 Å². The number of carbonyl (C=O) groups excluding carboxylic acids is 1. The third-order valence-corrected chi connectivity index (χ3v) is 3.91. The lowest BCUT2D eigenvalue weighted by Crippen LogP contribution is -2.39. The van der Waals surface area contributed by atoms with Gasteiger partial charge in [-0.1, -0.05) is 36.4 Å². The van der Waals surface area contributed by atoms with E-state index in [2.05, 4.69) is 22.2 Å². The van der Waals surface area contributed by atoms with Gasteiger partial charge in [-0.3, -0.25) is 15.6 Å². The van der Waals surface area contributed by atoms with Crippen molar-refractivity contribution in [2.24, 2.45) is 0 Å². The van der Waals surface area contributed by atoms with Crippen LogP contribution >= 0.6 is 12.2 Å². The molecule has 0 radical (unpaired) electrons. The molecule has 0 spiro atoms. The number of anilines is 1. The molecule has 23 heavy (non-hydrogen) atoms. The van der Waals surface area contributed by atoms with Gasteiger partial charge in [0.15, 0.2) is 10.9 Å². The topological polar surface area (TPSA) is 53.2 Å². The van der Waals surface area contributed by atoms with Crippen molar-refractivity contribution in [3.8, 4) is 0 Å². The zero-order valence-corrected chi connectivity index (χ0v) is 13.8. The predicted molar refractivity (Wildman–Crippen MR) is 97.2 cm³/mol. The minimum atomic E-state index is -0.00157. The Hall–Kier alpha value is -2.66. The maximum absolute atomic E-state index is 11.9. The fourth-order valence-corrected chi connectivity index (χ4v) is 2.63. The van der Waals surface area contributed by atoms with Gasteiger partial charge in [0.2, 0.25) is 0 Å². The van der Waals surface area contributed by atoms with Crippen molar-refractivity contribution in [3.63, 3.8) is 0 Å². The van der Waals surface area contributed by atoms with E-state index in [0.717, 1.165) is 28.1 Å². The number of allylic oxidation sites excluding steroid dienone is 1. The van der Waals surface area contributed by atoms with Crippen LogP contribution in [0.5, 0.6) is 0 Å². The molecule has 1 aliphatic carbocycles. The minimum absolute atomic E-state index is 0.00157. The normalized spacial score (nSPS) is 12.4. The number of hydrogen-bond acceptors (Lipinski definition) is 3. The highest BCUT2D eigenvalue weighted by Crippen LogP contribution is 2.24. The molecular weight excluding hydrogens is 306 g/mol. The van der Waals surface area contributed by atoms with Gasteiger partial charge in [0.25, 0.3) is 0 Å². The molecule has 0 saturated carbocycles. The molecule has 0 amide bonds. The fraction of sp³-hybridized carbons (Fsp3) is 0.111. The molecule has 3 N–H and O–H groups in total. The third-order valence-electron chi connectivity index (χ3n) is 3.71. The van der Waals surface area contributed by atoms with Crippen LogP contribution in [0.15, 0.2) is 48.5 Å². The van der Waals surface area contributed by atoms with Gasteiger partial charge in [-0.05, 0) is 43.3 Å². The maximum atomic E-state index is 11.9. The average Bonchev–Trinajstić information content (AvgIpc) is 2.86. The first kappa shape index (κ1) is 15.2. The van der Waals surface area contributed by atoms with Crippen molar-refractivity contribution in [3.05, 3.63) is 70.8 Å². The summed E-state index contributed by atoms with van der Waals surface area (Å²) < 4.78 is 0. The van der Waals surface area contributed by atoms with Crippen molar-refractivity contribution in [2.75, 3.05) is 5.32 Å². The summed E-state index contributed by atoms with van der Waals surface area (Å²) in [5.41, 5.74) is 11.5. The van der Waals surface area contributed by atoms with E-state index >= 15 is 0 Å². The van der Waals surface area contributed by atoms with Gasteiger partial charge < -0.3 is 5.32 Å². The average molecular weight is 323 g/mol. The van der Waals surface area contributed by atoms with Crippen LogP contribution in [-0.4, -0.2) is 10.9 Å². The molecule has 2 aromatic carbocycles. The highest BCUT2D eigenvalue weighted by Gasteiger charge is 2.20. The molecule has 3 rings (SSSR count). The second-order valence-corrected chi connectivity index (χ2v) is 5.90. The SMILES string of the molecule is Cc1ccc(C)c(NC(=S)NNC2=CC(=O)c3ccccc32)c1. The Labute approximate surface area is 140 Å². The molecule has 0 saturated heterocycles. The molecule has 0 aliphatic heterocycles. The van der Waals surface area contributed by atoms with Gasteiger partial charge in [-0.15, -0.1) is 0 Å². The molecule has 0 bridgehead atoms. The molecule has 4 nitrogen and oxygen atoms in total. The van der Waals surface area contributed by atoms with Crippen molar-refractivity contribution >= 4 is 34.5 Å². The Morgan fingerprint density at radius 2 is 1.78 bits per heavy atom. The first-order chi connectivity index (χ1) is 11.0. The Kier molecular flexibility index (Phi) is 4.12. The summed E-state index contributed by atoms with van der Waals surface area (Å²) >= 11 is 5.30. The Morgan fingerprint density at radius 3 is 2.57 bits per heavy atom. The first-order valence-electron chi connectivity index (χ1n) is 7.30. The number of aryl methyl sites for hydroxylation is 2. The van der Waals surface area contributed by atoms with Crippen LogP contribution in [0.1, 0.15) is 27.0 Å². The number of rotatable bonds is 3. The van der Waals surface area contributed by atoms with E-state index < -0.39 is 0 Å². The zero-order valence-electron chi connectivity index (χ0n) is 12.9. The summed E-state index contributed by atoms with van der Waals surface area (Å²) in [6.07, 6.45) is 1.57. The number of thiocarbonyl (C=S) groups is 1. The number of hydrogen-bond donors (Lipinski definition) is 3. The molecule has 0 heterocycles. The van der Waals surface area contributed by atoms with E-state index in [9.17, 15) is 4.79 Å². The van der Waals surface area contributed by atoms with Crippen LogP contribution in [-0.2, 0) is 0 Å². The van der Waals surface area contributed by atoms with Crippen LogP contribution in [0.25, 0.3) is 5.70 Å². The lowest BCUT2D eigenvalue weighted by Gasteiger charge is -2.15. The summed E-state index contributed by atoms with van der Waals surface area (Å²) in [5.74, 6) is -0.00157. The summed E-state index contributed by atoms with van der Waals surface area (Å²) in [5, 5.41) is 3.60. The molecule has 1 aliphatic rings. The van der Waals surface area contributed by atoms with Gasteiger partial charge in [0.05, 0.1) is 5.70 Å². The standard InChI is InChI=1S/C18H17N3OS/c1-11-7-8-12(2)15(9-11)19-18(23)21-20-16-10-17(22)14-6-4-3-5-13(14)16/h3-10,20H,1-2H3,(H2,19,21,23). The second-order valence-electron chi connectivity index (χ2n) is 5.49. The highest BCUT2D eigenvalue weighted by atomic mass is 32.1. The highest BCUT2D eigenvalue weighted by molar-refractivity contribution is 7.80. The Balaban J connectivity index is 1.65. The van der Waals surface area contributed by atoms with Gasteiger partial charge in [0, 0.05) is 22.9 Å². The number of hydrazine groups is 1. The molecule has 0 aromatic heterocycles. The van der Waals surface area contributed by atoms with E-state index in [1.165, 1.54) is 0 Å². The van der Waals surface area contributed by atoms with Crippen molar-refractivity contribution in [1.29, 1.82) is 0 Å². The van der Waals surface area contributed by atoms with Crippen molar-refractivity contribution in [1.82, 2.24) is 10.9 Å². The molecular formula is C18H17N3OS. The quantitative estimate of drug-likeness (QED) is 0.597. The third kappa shape index (κ3) is 3.24. The monoisotopic (exact) mass is 323 g/mol. The number of benzene rings is 2. The van der Waals surface area contributed by atoms with Crippen molar-refractivity contribution < 1.29 is 4.79 Å². The van der Waals surface area contributed by atoms with Gasteiger partial charge in [-0.2, -0.15) is 0 Å². The largest absolute Gasteiger partial charge is 0.331 e. The fourth-order valence-electron chi connectivity index (χ4n) is 2.47. The van der Waals surface area contributed by atoms with Crippen LogP contribution in [0, 0.1) is 13.8 Å². The molecule has 0 unspecified atom stereocenters. The summed E-state index contributed by atoms with van der Waals surface area (Å²) in [7, 11) is 0. The van der Waals surface area contributed by atoms with Gasteiger partial charge >= 0.3 is 0 Å². The zero-order chi connectivity index (χ0) is 16.4. The number of fused-ring (bicyclic) bond motifs is 1. The molecule has 0 atom stereocenters. The van der Waals surface area contributed by atoms with E-state index in [1.54, 1.807) is 6.08 Å². The van der Waals surface area contributed by atoms with E-state index in [0.29, 0.717) is 10.7 Å². The van der Waals surface area contributed by atoms with Crippen LogP contribution in [0.2, 0.25) is 0 Å². The van der Waals surface area contributed by atoms with E-state index in [4.69, 9.17) is 12.2 Å². The summed E-state index contributed by atoms with van der Waals surface area (Å²) in [6.45, 7) is 4.05. The molecule has 5 heteroatoms. The Morgan fingerprint density at radius 1 is 1.04 bits per heavy atom. The maximum Gasteiger partial charge on any atom is 0.189 e. The second kappa shape index (κ2) is 6.22. The Bertz CT molecular complexity index is 827. The number of nitrogens with one attached hydrogen (secondary N) is 3. The smallest absolute Gasteiger partial charge is 0.189 e. The number of ketones is 1. The van der Waals surface area contributed by atoms with Gasteiger partial charge in [0.1, 0.15) is 0 Å². The van der Waals surface area contributed by atoms with E-state index in [-0.39, 0.29) is 5.78 Å². The molecule has 116 valence electrons. The lowest BCUT2D eigenvalue weighted by atomic mass is 10.1.